The van der Waals surface area contributed by atoms with Gasteiger partial charge in [0.05, 0.1) is 4.88 Å². The zero-order valence-electron chi connectivity index (χ0n) is 5.95. The highest BCUT2D eigenvalue weighted by Crippen LogP contribution is 2.11. The van der Waals surface area contributed by atoms with Gasteiger partial charge in [-0.25, -0.2) is 0 Å². The number of hydrogen-bond donors (Lipinski definition) is 0. The van der Waals surface area contributed by atoms with E-state index in [-0.39, 0.29) is 5.78 Å². The zero-order chi connectivity index (χ0) is 8.10. The fourth-order valence-electron chi connectivity index (χ4n) is 0.750. The van der Waals surface area contributed by atoms with Crippen LogP contribution in [0.4, 0.5) is 0 Å². The predicted molar refractivity (Wildman–Crippen MR) is 43.9 cm³/mol. The summed E-state index contributed by atoms with van der Waals surface area (Å²) in [7, 11) is 0. The molecular formula is C8H8O2S. The minimum atomic E-state index is 0.0621. The van der Waals surface area contributed by atoms with Crippen molar-refractivity contribution in [1.82, 2.24) is 0 Å². The monoisotopic (exact) mass is 168 g/mol. The van der Waals surface area contributed by atoms with Crippen LogP contribution < -0.4 is 0 Å². The Morgan fingerprint density at radius 3 is 3.00 bits per heavy atom. The lowest BCUT2D eigenvalue weighted by molar-refractivity contribution is -0.107. The van der Waals surface area contributed by atoms with Crippen LogP contribution in [0.25, 0.3) is 0 Å². The molecular weight excluding hydrogens is 160 g/mol. The lowest BCUT2D eigenvalue weighted by atomic mass is 10.2. The standard InChI is InChI=1S/C8H8O2S/c9-5-1-3-7(10)8-4-2-6-11-8/h2,4-6H,1,3H2. The molecule has 0 saturated heterocycles. The molecule has 58 valence electrons. The second-order valence-corrected chi connectivity index (χ2v) is 3.05. The molecule has 1 heterocycles. The fraction of sp³-hybridized carbons (Fsp3) is 0.250. The lowest BCUT2D eigenvalue weighted by Gasteiger charge is -1.90. The third kappa shape index (κ3) is 2.27. The van der Waals surface area contributed by atoms with Crippen molar-refractivity contribution in [3.05, 3.63) is 22.4 Å². The Kier molecular flexibility index (Phi) is 2.98. The smallest absolute Gasteiger partial charge is 0.173 e. The highest BCUT2D eigenvalue weighted by molar-refractivity contribution is 7.12. The number of thiophene rings is 1. The van der Waals surface area contributed by atoms with Crippen LogP contribution in [-0.4, -0.2) is 12.1 Å². The van der Waals surface area contributed by atoms with Crippen molar-refractivity contribution in [3.63, 3.8) is 0 Å². The summed E-state index contributed by atoms with van der Waals surface area (Å²) in [4.78, 5) is 21.8. The third-order valence-electron chi connectivity index (χ3n) is 1.29. The van der Waals surface area contributed by atoms with E-state index in [0.717, 1.165) is 11.2 Å². The minimum absolute atomic E-state index is 0.0621. The van der Waals surface area contributed by atoms with Crippen LogP contribution >= 0.6 is 11.3 Å². The SMILES string of the molecule is O=CCCC(=O)c1cccs1. The second kappa shape index (κ2) is 4.03. The van der Waals surface area contributed by atoms with Crippen LogP contribution in [0.5, 0.6) is 0 Å². The van der Waals surface area contributed by atoms with Gasteiger partial charge in [0, 0.05) is 12.8 Å². The molecule has 2 nitrogen and oxygen atoms in total. The summed E-state index contributed by atoms with van der Waals surface area (Å²) < 4.78 is 0. The highest BCUT2D eigenvalue weighted by atomic mass is 32.1. The molecule has 0 unspecified atom stereocenters. The molecule has 0 aliphatic carbocycles. The molecule has 0 amide bonds. The maximum atomic E-state index is 11.1. The van der Waals surface area contributed by atoms with E-state index in [1.54, 1.807) is 6.07 Å². The molecule has 0 radical (unpaired) electrons. The van der Waals surface area contributed by atoms with Gasteiger partial charge in [-0.05, 0) is 11.4 Å². The Morgan fingerprint density at radius 2 is 2.45 bits per heavy atom. The Labute approximate surface area is 68.9 Å². The summed E-state index contributed by atoms with van der Waals surface area (Å²) in [6.45, 7) is 0. The lowest BCUT2D eigenvalue weighted by Crippen LogP contribution is -1.95. The first-order chi connectivity index (χ1) is 5.34. The van der Waals surface area contributed by atoms with Crippen molar-refractivity contribution in [1.29, 1.82) is 0 Å². The highest BCUT2D eigenvalue weighted by Gasteiger charge is 2.04. The van der Waals surface area contributed by atoms with Gasteiger partial charge in [-0.15, -0.1) is 11.3 Å². The normalized spacial score (nSPS) is 9.45. The van der Waals surface area contributed by atoms with E-state index in [4.69, 9.17) is 0 Å². The number of aldehydes is 1. The number of hydrogen-bond acceptors (Lipinski definition) is 3. The molecule has 0 aliphatic rings. The molecule has 11 heavy (non-hydrogen) atoms. The molecule has 0 aromatic carbocycles. The van der Waals surface area contributed by atoms with Gasteiger partial charge in [0.2, 0.25) is 0 Å². The van der Waals surface area contributed by atoms with Gasteiger partial charge in [0.25, 0.3) is 0 Å². The molecule has 0 atom stereocenters. The molecule has 0 N–H and O–H groups in total. The first-order valence-electron chi connectivity index (χ1n) is 3.35. The largest absolute Gasteiger partial charge is 0.303 e. The van der Waals surface area contributed by atoms with Crippen molar-refractivity contribution < 1.29 is 9.59 Å². The molecule has 1 aromatic rings. The molecule has 3 heteroatoms. The summed E-state index contributed by atoms with van der Waals surface area (Å²) in [5.41, 5.74) is 0. The van der Waals surface area contributed by atoms with E-state index in [0.29, 0.717) is 12.8 Å². The van der Waals surface area contributed by atoms with Crippen molar-refractivity contribution >= 4 is 23.4 Å². The minimum Gasteiger partial charge on any atom is -0.303 e. The Balaban J connectivity index is 2.49. The van der Waals surface area contributed by atoms with Gasteiger partial charge in [0.1, 0.15) is 6.29 Å². The van der Waals surface area contributed by atoms with Crippen molar-refractivity contribution in [2.24, 2.45) is 0 Å². The molecule has 0 fully saturated rings. The van der Waals surface area contributed by atoms with Crippen molar-refractivity contribution in [2.45, 2.75) is 12.8 Å². The summed E-state index contributed by atoms with van der Waals surface area (Å²) in [6.07, 6.45) is 1.44. The topological polar surface area (TPSA) is 34.1 Å². The number of ketones is 1. The second-order valence-electron chi connectivity index (χ2n) is 2.11. The number of carbonyl (C=O) groups is 2. The third-order valence-corrected chi connectivity index (χ3v) is 2.20. The fourth-order valence-corrected chi connectivity index (χ4v) is 1.44. The number of carbonyl (C=O) groups excluding carboxylic acids is 2. The maximum absolute atomic E-state index is 11.1. The quantitative estimate of drug-likeness (QED) is 0.508. The first kappa shape index (κ1) is 8.14. The molecule has 0 aliphatic heterocycles. The Hall–Kier alpha value is -0.960. The van der Waals surface area contributed by atoms with E-state index < -0.39 is 0 Å². The molecule has 0 bridgehead atoms. The average molecular weight is 168 g/mol. The van der Waals surface area contributed by atoms with Gasteiger partial charge < -0.3 is 4.79 Å². The molecule has 0 spiro atoms. The Morgan fingerprint density at radius 1 is 1.64 bits per heavy atom. The van der Waals surface area contributed by atoms with E-state index in [1.165, 1.54) is 11.3 Å². The van der Waals surface area contributed by atoms with Gasteiger partial charge in [-0.2, -0.15) is 0 Å². The van der Waals surface area contributed by atoms with Crippen LogP contribution in [0, 0.1) is 0 Å². The van der Waals surface area contributed by atoms with Crippen LogP contribution in [0.3, 0.4) is 0 Å². The van der Waals surface area contributed by atoms with Crippen molar-refractivity contribution in [2.75, 3.05) is 0 Å². The summed E-state index contributed by atoms with van der Waals surface area (Å²) in [5, 5.41) is 1.86. The summed E-state index contributed by atoms with van der Waals surface area (Å²) in [6, 6.07) is 3.61. The summed E-state index contributed by atoms with van der Waals surface area (Å²) >= 11 is 1.42. The van der Waals surface area contributed by atoms with Crippen LogP contribution in [0.2, 0.25) is 0 Å². The zero-order valence-corrected chi connectivity index (χ0v) is 6.76. The molecule has 1 rings (SSSR count). The molecule has 0 saturated carbocycles. The van der Waals surface area contributed by atoms with Gasteiger partial charge in [0.15, 0.2) is 5.78 Å². The van der Waals surface area contributed by atoms with Crippen LogP contribution in [0.15, 0.2) is 17.5 Å². The van der Waals surface area contributed by atoms with Gasteiger partial charge >= 0.3 is 0 Å². The van der Waals surface area contributed by atoms with Crippen LogP contribution in [0.1, 0.15) is 22.5 Å². The van der Waals surface area contributed by atoms with Gasteiger partial charge in [-0.3, -0.25) is 4.79 Å². The summed E-state index contributed by atoms with van der Waals surface area (Å²) in [5.74, 6) is 0.0621. The number of Topliss-reactive ketones (excluding diaryl/α,β-unsaturated/α-hetero) is 1. The Bertz CT molecular complexity index is 239. The van der Waals surface area contributed by atoms with E-state index in [9.17, 15) is 9.59 Å². The van der Waals surface area contributed by atoms with Crippen LogP contribution in [-0.2, 0) is 4.79 Å². The first-order valence-corrected chi connectivity index (χ1v) is 4.23. The van der Waals surface area contributed by atoms with E-state index in [1.807, 2.05) is 11.4 Å². The van der Waals surface area contributed by atoms with Crippen molar-refractivity contribution in [3.8, 4) is 0 Å². The average Bonchev–Trinajstić information content (AvgIpc) is 2.52. The van der Waals surface area contributed by atoms with E-state index >= 15 is 0 Å². The number of rotatable bonds is 4. The van der Waals surface area contributed by atoms with E-state index in [2.05, 4.69) is 0 Å². The predicted octanol–water partition coefficient (Wildman–Crippen LogP) is 1.91. The molecule has 1 aromatic heterocycles. The van der Waals surface area contributed by atoms with Gasteiger partial charge in [-0.1, -0.05) is 6.07 Å². The maximum Gasteiger partial charge on any atom is 0.173 e.